The van der Waals surface area contributed by atoms with Crippen molar-refractivity contribution in [3.8, 4) is 11.9 Å². The van der Waals surface area contributed by atoms with Gasteiger partial charge in [-0.3, -0.25) is 14.5 Å². The highest BCUT2D eigenvalue weighted by atomic mass is 32.2. The maximum Gasteiger partial charge on any atom is 0.387 e. The molecule has 0 aromatic heterocycles. The minimum atomic E-state index is -4.11. The minimum absolute atomic E-state index is 0.0300. The van der Waals surface area contributed by atoms with Gasteiger partial charge in [0.05, 0.1) is 11.5 Å². The van der Waals surface area contributed by atoms with Crippen molar-refractivity contribution >= 4 is 21.7 Å². The Morgan fingerprint density at radius 1 is 1.19 bits per heavy atom. The number of alkyl halides is 2. The predicted octanol–water partition coefficient (Wildman–Crippen LogP) is 2.25. The lowest BCUT2D eigenvalue weighted by Gasteiger charge is -2.20. The molecule has 2 amide bonds. The molecule has 8 nitrogen and oxygen atoms in total. The van der Waals surface area contributed by atoms with Crippen molar-refractivity contribution in [1.29, 1.82) is 5.26 Å². The number of carbonyl (C=O) groups is 2. The van der Waals surface area contributed by atoms with E-state index in [1.54, 1.807) is 31.3 Å². The number of nitrogens with zero attached hydrogens (tertiary/aromatic N) is 2. The molecular formula is C21H21F2N3O5S. The standard InChI is InChI=1S/C21H21F2N3O5S/c1-14-6-5-8-15(10-14)19(27)25-17(20(28)26(2)13-24)12-32(29,30)11-16-7-3-4-9-18(16)31-21(22)23/h3-10,17,21H,11-12H2,1-2H3,(H,25,27)/t17-/m0/s1. The molecule has 0 aliphatic heterocycles. The number of halogens is 2. The van der Waals surface area contributed by atoms with Crippen molar-refractivity contribution in [2.24, 2.45) is 0 Å². The molecule has 11 heteroatoms. The van der Waals surface area contributed by atoms with Crippen LogP contribution in [0.5, 0.6) is 5.75 Å². The fourth-order valence-corrected chi connectivity index (χ4v) is 4.43. The van der Waals surface area contributed by atoms with E-state index in [-0.39, 0.29) is 16.9 Å². The predicted molar refractivity (Wildman–Crippen MR) is 111 cm³/mol. The van der Waals surface area contributed by atoms with Crippen LogP contribution in [0.2, 0.25) is 0 Å². The molecule has 0 aliphatic rings. The van der Waals surface area contributed by atoms with Gasteiger partial charge in [-0.25, -0.2) is 8.42 Å². The van der Waals surface area contributed by atoms with Crippen LogP contribution >= 0.6 is 0 Å². The Kier molecular flexibility index (Phi) is 8.26. The Morgan fingerprint density at radius 2 is 1.88 bits per heavy atom. The minimum Gasteiger partial charge on any atom is -0.435 e. The molecule has 2 rings (SSSR count). The Morgan fingerprint density at radius 3 is 2.50 bits per heavy atom. The van der Waals surface area contributed by atoms with E-state index >= 15 is 0 Å². The van der Waals surface area contributed by atoms with Crippen LogP contribution in [0.15, 0.2) is 48.5 Å². The zero-order valence-corrected chi connectivity index (χ0v) is 18.1. The Balaban J connectivity index is 2.28. The number of aryl methyl sites for hydroxylation is 1. The van der Waals surface area contributed by atoms with Gasteiger partial charge in [-0.15, -0.1) is 0 Å². The third kappa shape index (κ3) is 7.02. The van der Waals surface area contributed by atoms with Gasteiger partial charge in [0.1, 0.15) is 11.8 Å². The number of amides is 2. The Hall–Kier alpha value is -3.52. The molecule has 0 spiro atoms. The summed E-state index contributed by atoms with van der Waals surface area (Å²) in [5.74, 6) is -3.51. The van der Waals surface area contributed by atoms with Gasteiger partial charge in [-0.1, -0.05) is 35.9 Å². The third-order valence-electron chi connectivity index (χ3n) is 4.35. The number of hydrogen-bond donors (Lipinski definition) is 1. The number of carbonyl (C=O) groups excluding carboxylic acids is 2. The molecule has 0 unspecified atom stereocenters. The van der Waals surface area contributed by atoms with Crippen LogP contribution in [0, 0.1) is 18.4 Å². The van der Waals surface area contributed by atoms with E-state index in [1.165, 1.54) is 30.3 Å². The van der Waals surface area contributed by atoms with Crippen LogP contribution in [0.25, 0.3) is 0 Å². The largest absolute Gasteiger partial charge is 0.435 e. The summed E-state index contributed by atoms with van der Waals surface area (Å²) in [6.45, 7) is -1.39. The van der Waals surface area contributed by atoms with Crippen LogP contribution in [0.3, 0.4) is 0 Å². The summed E-state index contributed by atoms with van der Waals surface area (Å²) in [5.41, 5.74) is 0.950. The molecule has 0 aliphatic carbocycles. The van der Waals surface area contributed by atoms with Gasteiger partial charge in [-0.05, 0) is 25.1 Å². The average Bonchev–Trinajstić information content (AvgIpc) is 2.72. The maximum absolute atomic E-state index is 12.8. The second kappa shape index (κ2) is 10.7. The molecule has 0 fully saturated rings. The van der Waals surface area contributed by atoms with Crippen molar-refractivity contribution in [2.75, 3.05) is 12.8 Å². The highest BCUT2D eigenvalue weighted by molar-refractivity contribution is 7.90. The molecule has 0 radical (unpaired) electrons. The quantitative estimate of drug-likeness (QED) is 0.449. The van der Waals surface area contributed by atoms with Crippen molar-refractivity contribution < 1.29 is 31.5 Å². The lowest BCUT2D eigenvalue weighted by Crippen LogP contribution is -2.50. The van der Waals surface area contributed by atoms with Crippen molar-refractivity contribution in [3.05, 3.63) is 65.2 Å². The van der Waals surface area contributed by atoms with Gasteiger partial charge in [0.25, 0.3) is 11.8 Å². The summed E-state index contributed by atoms with van der Waals surface area (Å²) in [5, 5.41) is 11.4. The topological polar surface area (TPSA) is 117 Å². The molecule has 0 heterocycles. The number of nitriles is 1. The second-order valence-electron chi connectivity index (χ2n) is 6.93. The molecule has 0 saturated carbocycles. The van der Waals surface area contributed by atoms with Gasteiger partial charge < -0.3 is 10.1 Å². The van der Waals surface area contributed by atoms with E-state index in [0.29, 0.717) is 4.90 Å². The van der Waals surface area contributed by atoms with E-state index in [1.807, 2.05) is 0 Å². The maximum atomic E-state index is 12.8. The summed E-state index contributed by atoms with van der Waals surface area (Å²) in [6.07, 6.45) is 1.57. The molecule has 0 bridgehead atoms. The van der Waals surface area contributed by atoms with Crippen molar-refractivity contribution in [2.45, 2.75) is 25.3 Å². The van der Waals surface area contributed by atoms with E-state index in [4.69, 9.17) is 5.26 Å². The van der Waals surface area contributed by atoms with Crippen molar-refractivity contribution in [3.63, 3.8) is 0 Å². The van der Waals surface area contributed by atoms with Crippen LogP contribution in [0.1, 0.15) is 21.5 Å². The van der Waals surface area contributed by atoms with Gasteiger partial charge in [0.15, 0.2) is 16.0 Å². The summed E-state index contributed by atoms with van der Waals surface area (Å²) >= 11 is 0. The number of benzene rings is 2. The van der Waals surface area contributed by atoms with Gasteiger partial charge >= 0.3 is 6.61 Å². The lowest BCUT2D eigenvalue weighted by atomic mass is 10.1. The number of ether oxygens (including phenoxy) is 1. The molecule has 2 aromatic rings. The summed E-state index contributed by atoms with van der Waals surface area (Å²) < 4.78 is 55.1. The molecule has 1 N–H and O–H groups in total. The van der Waals surface area contributed by atoms with E-state index in [2.05, 4.69) is 10.1 Å². The molecule has 170 valence electrons. The highest BCUT2D eigenvalue weighted by Gasteiger charge is 2.30. The molecule has 2 aromatic carbocycles. The molecule has 1 atom stereocenters. The van der Waals surface area contributed by atoms with Gasteiger partial charge in [0.2, 0.25) is 0 Å². The molecule has 0 saturated heterocycles. The Bertz CT molecular complexity index is 1130. The SMILES string of the molecule is Cc1cccc(C(=O)N[C@@H](CS(=O)(=O)Cc2ccccc2OC(F)F)C(=O)N(C)C#N)c1. The highest BCUT2D eigenvalue weighted by Crippen LogP contribution is 2.23. The van der Waals surface area contributed by atoms with Gasteiger partial charge in [0, 0.05) is 18.2 Å². The van der Waals surface area contributed by atoms with Crippen molar-refractivity contribution in [1.82, 2.24) is 10.2 Å². The van der Waals surface area contributed by atoms with Gasteiger partial charge in [-0.2, -0.15) is 14.0 Å². The number of para-hydroxylation sites is 1. The van der Waals surface area contributed by atoms with E-state index < -0.39 is 45.8 Å². The zero-order valence-electron chi connectivity index (χ0n) is 17.3. The number of nitrogens with one attached hydrogen (secondary N) is 1. The summed E-state index contributed by atoms with van der Waals surface area (Å²) in [6, 6.07) is 10.2. The van der Waals surface area contributed by atoms with Crippen LogP contribution in [-0.2, 0) is 20.4 Å². The fourth-order valence-electron chi connectivity index (χ4n) is 2.87. The normalized spacial score (nSPS) is 12.0. The fraction of sp³-hybridized carbons (Fsp3) is 0.286. The number of likely N-dealkylation sites (N-methyl/N-ethyl adjacent to an activating group) is 1. The first-order chi connectivity index (χ1) is 15.0. The van der Waals surface area contributed by atoms with Crippen LogP contribution < -0.4 is 10.1 Å². The third-order valence-corrected chi connectivity index (χ3v) is 5.94. The first kappa shape index (κ1) is 24.7. The average molecular weight is 465 g/mol. The number of hydrogen-bond acceptors (Lipinski definition) is 6. The number of sulfone groups is 1. The summed E-state index contributed by atoms with van der Waals surface area (Å²) in [7, 11) is -2.98. The van der Waals surface area contributed by atoms with Crippen LogP contribution in [-0.4, -0.2) is 50.6 Å². The van der Waals surface area contributed by atoms with E-state index in [0.717, 1.165) is 12.6 Å². The smallest absolute Gasteiger partial charge is 0.387 e. The van der Waals surface area contributed by atoms with Crippen LogP contribution in [0.4, 0.5) is 8.78 Å². The lowest BCUT2D eigenvalue weighted by molar-refractivity contribution is -0.128. The van der Waals surface area contributed by atoms with E-state index in [9.17, 15) is 26.8 Å². The molecule has 32 heavy (non-hydrogen) atoms. The molecular weight excluding hydrogens is 444 g/mol. The first-order valence-corrected chi connectivity index (χ1v) is 11.1. The zero-order chi connectivity index (χ0) is 23.9. The monoisotopic (exact) mass is 465 g/mol. The first-order valence-electron chi connectivity index (χ1n) is 9.30. The Labute approximate surface area is 184 Å². The number of rotatable bonds is 9. The summed E-state index contributed by atoms with van der Waals surface area (Å²) in [4.78, 5) is 25.7. The second-order valence-corrected chi connectivity index (χ2v) is 9.04.